The zero-order chi connectivity index (χ0) is 23.5. The number of azo groups is 1. The van der Waals surface area contributed by atoms with E-state index >= 15 is 0 Å². The second-order valence-electron chi connectivity index (χ2n) is 7.56. The molecule has 0 bridgehead atoms. The standard InChI is InChI=1S/C22H24N4O4S2/c1-21(15-23,7-3-19(27)29-11-17-5-9-31-13-17)25-26-22(2,16-24)8-4-20(28)30-12-18-6-10-32-14-18/h5-6,9-10,13-14H,3-4,7-8,11-12H2,1-2H3. The van der Waals surface area contributed by atoms with E-state index in [-0.39, 0.29) is 38.9 Å². The lowest BCUT2D eigenvalue weighted by Crippen LogP contribution is -2.25. The van der Waals surface area contributed by atoms with Crippen LogP contribution >= 0.6 is 22.7 Å². The Morgan fingerprint density at radius 1 is 0.875 bits per heavy atom. The minimum absolute atomic E-state index is 0.00854. The van der Waals surface area contributed by atoms with Crippen LogP contribution in [0.25, 0.3) is 0 Å². The zero-order valence-electron chi connectivity index (χ0n) is 17.9. The van der Waals surface area contributed by atoms with Gasteiger partial charge < -0.3 is 9.47 Å². The predicted molar refractivity (Wildman–Crippen MR) is 120 cm³/mol. The summed E-state index contributed by atoms with van der Waals surface area (Å²) in [5, 5.41) is 34.7. The van der Waals surface area contributed by atoms with E-state index < -0.39 is 23.0 Å². The van der Waals surface area contributed by atoms with Crippen molar-refractivity contribution in [1.29, 1.82) is 10.5 Å². The molecule has 0 radical (unpaired) electrons. The lowest BCUT2D eigenvalue weighted by molar-refractivity contribution is -0.146. The number of rotatable bonds is 12. The number of hydrogen-bond donors (Lipinski definition) is 0. The molecule has 0 aromatic carbocycles. The third kappa shape index (κ3) is 8.58. The van der Waals surface area contributed by atoms with Crippen LogP contribution in [0.2, 0.25) is 0 Å². The number of esters is 2. The fourth-order valence-corrected chi connectivity index (χ4v) is 3.70. The highest BCUT2D eigenvalue weighted by atomic mass is 32.1. The van der Waals surface area contributed by atoms with Gasteiger partial charge in [-0.2, -0.15) is 43.4 Å². The third-order valence-corrected chi connectivity index (χ3v) is 6.03. The van der Waals surface area contributed by atoms with Gasteiger partial charge in [-0.25, -0.2) is 0 Å². The van der Waals surface area contributed by atoms with E-state index in [2.05, 4.69) is 10.2 Å². The number of carbonyl (C=O) groups excluding carboxylic acids is 2. The van der Waals surface area contributed by atoms with Gasteiger partial charge in [0.05, 0.1) is 12.1 Å². The van der Waals surface area contributed by atoms with Crippen molar-refractivity contribution in [1.82, 2.24) is 0 Å². The second-order valence-corrected chi connectivity index (χ2v) is 9.12. The van der Waals surface area contributed by atoms with E-state index in [1.807, 2.05) is 45.8 Å². The van der Waals surface area contributed by atoms with Gasteiger partial charge in [-0.1, -0.05) is 0 Å². The molecule has 10 heteroatoms. The van der Waals surface area contributed by atoms with Crippen LogP contribution in [0, 0.1) is 22.7 Å². The van der Waals surface area contributed by atoms with Gasteiger partial charge in [-0.15, -0.1) is 0 Å². The molecule has 2 aromatic heterocycles. The largest absolute Gasteiger partial charge is 0.461 e. The number of nitrogens with zero attached hydrogens (tertiary/aromatic N) is 4. The first-order valence-corrected chi connectivity index (χ1v) is 11.8. The highest BCUT2D eigenvalue weighted by Gasteiger charge is 2.30. The molecule has 2 rings (SSSR count). The maximum Gasteiger partial charge on any atom is 0.306 e. The summed E-state index contributed by atoms with van der Waals surface area (Å²) in [7, 11) is 0. The smallest absolute Gasteiger partial charge is 0.306 e. The summed E-state index contributed by atoms with van der Waals surface area (Å²) in [5.74, 6) is -0.881. The van der Waals surface area contributed by atoms with Crippen molar-refractivity contribution in [3.63, 3.8) is 0 Å². The van der Waals surface area contributed by atoms with Crippen molar-refractivity contribution in [3.05, 3.63) is 44.8 Å². The molecule has 8 nitrogen and oxygen atoms in total. The topological polar surface area (TPSA) is 125 Å². The van der Waals surface area contributed by atoms with Gasteiger partial charge in [0, 0.05) is 24.0 Å². The van der Waals surface area contributed by atoms with Crippen LogP contribution in [0.5, 0.6) is 0 Å². The summed E-state index contributed by atoms with van der Waals surface area (Å²) >= 11 is 3.03. The molecule has 0 aliphatic heterocycles. The summed E-state index contributed by atoms with van der Waals surface area (Å²) in [6.45, 7) is 3.44. The number of hydrogen-bond acceptors (Lipinski definition) is 10. The zero-order valence-corrected chi connectivity index (χ0v) is 19.6. The van der Waals surface area contributed by atoms with Crippen LogP contribution in [0.3, 0.4) is 0 Å². The molecule has 0 aliphatic rings. The average Bonchev–Trinajstić information content (AvgIpc) is 3.51. The van der Waals surface area contributed by atoms with Crippen LogP contribution in [-0.4, -0.2) is 23.0 Å². The molecule has 0 saturated carbocycles. The lowest BCUT2D eigenvalue weighted by Gasteiger charge is -2.19. The Kier molecular flexibility index (Phi) is 9.51. The summed E-state index contributed by atoms with van der Waals surface area (Å²) in [4.78, 5) is 24.0. The maximum absolute atomic E-state index is 12.0. The maximum atomic E-state index is 12.0. The first kappa shape index (κ1) is 25.2. The molecule has 0 spiro atoms. The normalized spacial score (nSPS) is 14.6. The Bertz CT molecular complexity index is 912. The van der Waals surface area contributed by atoms with Crippen molar-refractivity contribution in [2.45, 2.75) is 63.8 Å². The molecular formula is C22H24N4O4S2. The van der Waals surface area contributed by atoms with E-state index in [0.717, 1.165) is 11.1 Å². The van der Waals surface area contributed by atoms with E-state index in [0.29, 0.717) is 0 Å². The van der Waals surface area contributed by atoms with Crippen LogP contribution in [-0.2, 0) is 32.3 Å². The highest BCUT2D eigenvalue weighted by molar-refractivity contribution is 7.08. The van der Waals surface area contributed by atoms with Crippen molar-refractivity contribution in [3.8, 4) is 12.1 Å². The number of nitriles is 2. The summed E-state index contributed by atoms with van der Waals surface area (Å²) in [6, 6.07) is 7.80. The average molecular weight is 473 g/mol. The fraction of sp³-hybridized carbons (Fsp3) is 0.455. The van der Waals surface area contributed by atoms with Crippen molar-refractivity contribution in [2.75, 3.05) is 0 Å². The second kappa shape index (κ2) is 12.1. The van der Waals surface area contributed by atoms with Crippen LogP contribution in [0.4, 0.5) is 0 Å². The van der Waals surface area contributed by atoms with Gasteiger partial charge in [0.1, 0.15) is 13.2 Å². The van der Waals surface area contributed by atoms with E-state index in [9.17, 15) is 20.1 Å². The monoisotopic (exact) mass is 472 g/mol. The summed E-state index contributed by atoms with van der Waals surface area (Å²) in [6.07, 6.45) is 0.177. The molecule has 0 fully saturated rings. The fourth-order valence-electron chi connectivity index (χ4n) is 2.39. The Labute approximate surface area is 195 Å². The Morgan fingerprint density at radius 2 is 1.28 bits per heavy atom. The van der Waals surface area contributed by atoms with Gasteiger partial charge in [-0.3, -0.25) is 9.59 Å². The van der Waals surface area contributed by atoms with E-state index in [1.165, 1.54) is 36.5 Å². The molecule has 0 amide bonds. The molecule has 2 unspecified atom stereocenters. The molecule has 2 heterocycles. The van der Waals surface area contributed by atoms with Gasteiger partial charge in [0.2, 0.25) is 0 Å². The molecular weight excluding hydrogens is 448 g/mol. The minimum atomic E-state index is -1.29. The third-order valence-electron chi connectivity index (χ3n) is 4.56. The molecule has 2 aromatic rings. The number of ether oxygens (including phenoxy) is 2. The first-order chi connectivity index (χ1) is 15.3. The van der Waals surface area contributed by atoms with Gasteiger partial charge in [0.25, 0.3) is 0 Å². The van der Waals surface area contributed by atoms with Crippen LogP contribution in [0.15, 0.2) is 43.9 Å². The van der Waals surface area contributed by atoms with Crippen molar-refractivity contribution in [2.24, 2.45) is 10.2 Å². The molecule has 2 atom stereocenters. The van der Waals surface area contributed by atoms with Crippen molar-refractivity contribution >= 4 is 34.6 Å². The van der Waals surface area contributed by atoms with Crippen LogP contribution < -0.4 is 0 Å². The Morgan fingerprint density at radius 3 is 1.59 bits per heavy atom. The molecule has 0 aliphatic carbocycles. The molecule has 168 valence electrons. The van der Waals surface area contributed by atoms with E-state index in [4.69, 9.17) is 9.47 Å². The summed E-state index contributed by atoms with van der Waals surface area (Å²) in [5.41, 5.74) is -0.771. The van der Waals surface area contributed by atoms with Gasteiger partial charge >= 0.3 is 11.9 Å². The SMILES string of the molecule is CC(C#N)(CCC(=O)OCc1ccsc1)N=NC(C)(C#N)CCC(=O)OCc1ccsc1. The minimum Gasteiger partial charge on any atom is -0.461 e. The Balaban J connectivity index is 1.83. The lowest BCUT2D eigenvalue weighted by atomic mass is 9.97. The van der Waals surface area contributed by atoms with Gasteiger partial charge in [0.15, 0.2) is 11.1 Å². The number of thiophene rings is 2. The van der Waals surface area contributed by atoms with Gasteiger partial charge in [-0.05, 0) is 60.3 Å². The molecule has 0 N–H and O–H groups in total. The Hall–Kier alpha value is -3.08. The number of carbonyl (C=O) groups is 2. The van der Waals surface area contributed by atoms with E-state index in [1.54, 1.807) is 0 Å². The predicted octanol–water partition coefficient (Wildman–Crippen LogP) is 5.17. The molecule has 32 heavy (non-hydrogen) atoms. The first-order valence-electron chi connectivity index (χ1n) is 9.87. The summed E-state index contributed by atoms with van der Waals surface area (Å²) < 4.78 is 10.4. The highest BCUT2D eigenvalue weighted by Crippen LogP contribution is 2.24. The quantitative estimate of drug-likeness (QED) is 0.310. The van der Waals surface area contributed by atoms with Crippen LogP contribution in [0.1, 0.15) is 50.7 Å². The molecule has 0 saturated heterocycles. The van der Waals surface area contributed by atoms with Crippen molar-refractivity contribution < 1.29 is 19.1 Å².